The third kappa shape index (κ3) is 5.12. The van der Waals surface area contributed by atoms with Gasteiger partial charge in [-0.15, -0.1) is 5.10 Å². The van der Waals surface area contributed by atoms with E-state index in [1.54, 1.807) is 0 Å². The molecular formula is C14H23N3O2. The summed E-state index contributed by atoms with van der Waals surface area (Å²) in [5.74, 6) is 0.577. The third-order valence-corrected chi connectivity index (χ3v) is 3.12. The Morgan fingerprint density at radius 2 is 2.32 bits per heavy atom. The molecule has 0 aromatic carbocycles. The number of rotatable bonds is 7. The topological polar surface area (TPSA) is 56.3 Å². The number of nitrogens with one attached hydrogen (secondary N) is 1. The van der Waals surface area contributed by atoms with Crippen LogP contribution in [0.15, 0.2) is 12.1 Å². The van der Waals surface area contributed by atoms with Gasteiger partial charge in [0.2, 0.25) is 5.88 Å². The summed E-state index contributed by atoms with van der Waals surface area (Å²) in [5.41, 5.74) is 0.940. The number of hydrogen-bond donors (Lipinski definition) is 1. The number of aromatic nitrogens is 2. The Kier molecular flexibility index (Phi) is 6.04. The second-order valence-electron chi connectivity index (χ2n) is 4.84. The molecule has 0 aliphatic carbocycles. The Hall–Kier alpha value is -1.20. The molecule has 19 heavy (non-hydrogen) atoms. The zero-order chi connectivity index (χ0) is 13.3. The van der Waals surface area contributed by atoms with Crippen molar-refractivity contribution in [3.8, 4) is 5.88 Å². The van der Waals surface area contributed by atoms with Crippen LogP contribution in [0.25, 0.3) is 0 Å². The summed E-state index contributed by atoms with van der Waals surface area (Å²) in [6.07, 6.45) is 4.79. The van der Waals surface area contributed by atoms with Gasteiger partial charge in [-0.1, -0.05) is 6.92 Å². The van der Waals surface area contributed by atoms with E-state index >= 15 is 0 Å². The summed E-state index contributed by atoms with van der Waals surface area (Å²) in [7, 11) is 0. The maximum atomic E-state index is 5.61. The molecule has 1 unspecified atom stereocenters. The van der Waals surface area contributed by atoms with E-state index in [2.05, 4.69) is 22.4 Å². The van der Waals surface area contributed by atoms with E-state index in [0.29, 0.717) is 12.5 Å². The van der Waals surface area contributed by atoms with Crippen LogP contribution in [0.4, 0.5) is 0 Å². The fourth-order valence-electron chi connectivity index (χ4n) is 2.03. The Bertz CT molecular complexity index is 350. The molecule has 2 heterocycles. The van der Waals surface area contributed by atoms with Gasteiger partial charge in [0.1, 0.15) is 6.61 Å². The van der Waals surface area contributed by atoms with Crippen LogP contribution in [0.1, 0.15) is 38.3 Å². The van der Waals surface area contributed by atoms with Crippen molar-refractivity contribution >= 4 is 0 Å². The molecule has 1 aliphatic heterocycles. The summed E-state index contributed by atoms with van der Waals surface area (Å²) in [6, 6.07) is 3.82. The highest BCUT2D eigenvalue weighted by Gasteiger charge is 2.14. The van der Waals surface area contributed by atoms with Gasteiger partial charge in [-0.25, -0.2) is 0 Å². The van der Waals surface area contributed by atoms with E-state index in [4.69, 9.17) is 9.47 Å². The molecule has 0 amide bonds. The van der Waals surface area contributed by atoms with Gasteiger partial charge in [0, 0.05) is 19.2 Å². The van der Waals surface area contributed by atoms with Crippen LogP contribution in [0.2, 0.25) is 0 Å². The van der Waals surface area contributed by atoms with Gasteiger partial charge in [0.15, 0.2) is 0 Å². The van der Waals surface area contributed by atoms with Crippen LogP contribution in [-0.2, 0) is 11.3 Å². The molecule has 1 fully saturated rings. The van der Waals surface area contributed by atoms with Crippen molar-refractivity contribution in [2.45, 2.75) is 45.3 Å². The maximum Gasteiger partial charge on any atom is 0.233 e. The van der Waals surface area contributed by atoms with Crippen molar-refractivity contribution < 1.29 is 9.47 Å². The molecule has 1 N–H and O–H groups in total. The van der Waals surface area contributed by atoms with E-state index in [0.717, 1.165) is 44.7 Å². The molecule has 5 nitrogen and oxygen atoms in total. The maximum absolute atomic E-state index is 5.61. The van der Waals surface area contributed by atoms with Crippen LogP contribution < -0.4 is 10.1 Å². The minimum absolute atomic E-state index is 0.210. The molecule has 106 valence electrons. The van der Waals surface area contributed by atoms with E-state index in [9.17, 15) is 0 Å². The zero-order valence-corrected chi connectivity index (χ0v) is 11.6. The highest BCUT2D eigenvalue weighted by molar-refractivity contribution is 5.11. The SMILES string of the molecule is CCCNCc1ccc(OCC2CCCCO2)nn1. The second-order valence-corrected chi connectivity index (χ2v) is 4.84. The van der Waals surface area contributed by atoms with Crippen LogP contribution in [0, 0.1) is 0 Å². The minimum Gasteiger partial charge on any atom is -0.474 e. The quantitative estimate of drug-likeness (QED) is 0.763. The fraction of sp³-hybridized carbons (Fsp3) is 0.714. The smallest absolute Gasteiger partial charge is 0.233 e. The molecule has 1 aromatic heterocycles. The predicted molar refractivity (Wildman–Crippen MR) is 73.1 cm³/mol. The van der Waals surface area contributed by atoms with E-state index < -0.39 is 0 Å². The molecule has 0 saturated carbocycles. The lowest BCUT2D eigenvalue weighted by atomic mass is 10.1. The van der Waals surface area contributed by atoms with Crippen LogP contribution in [-0.4, -0.2) is 36.1 Å². The Balaban J connectivity index is 1.71. The lowest BCUT2D eigenvalue weighted by Gasteiger charge is -2.22. The van der Waals surface area contributed by atoms with Crippen molar-refractivity contribution in [1.29, 1.82) is 0 Å². The van der Waals surface area contributed by atoms with Gasteiger partial charge >= 0.3 is 0 Å². The number of ether oxygens (including phenoxy) is 2. The number of nitrogens with zero attached hydrogens (tertiary/aromatic N) is 2. The van der Waals surface area contributed by atoms with Crippen molar-refractivity contribution in [3.05, 3.63) is 17.8 Å². The first-order valence-electron chi connectivity index (χ1n) is 7.16. The molecule has 2 rings (SSSR count). The van der Waals surface area contributed by atoms with E-state index in [1.165, 1.54) is 6.42 Å². The van der Waals surface area contributed by atoms with Crippen molar-refractivity contribution in [1.82, 2.24) is 15.5 Å². The lowest BCUT2D eigenvalue weighted by Crippen LogP contribution is -2.26. The van der Waals surface area contributed by atoms with Gasteiger partial charge in [-0.2, -0.15) is 5.10 Å². The molecule has 0 bridgehead atoms. The summed E-state index contributed by atoms with van der Waals surface area (Å²) in [6.45, 7) is 5.32. The van der Waals surface area contributed by atoms with E-state index in [-0.39, 0.29) is 6.10 Å². The summed E-state index contributed by atoms with van der Waals surface area (Å²) >= 11 is 0. The molecule has 1 saturated heterocycles. The average molecular weight is 265 g/mol. The zero-order valence-electron chi connectivity index (χ0n) is 11.6. The van der Waals surface area contributed by atoms with Crippen LogP contribution >= 0.6 is 0 Å². The van der Waals surface area contributed by atoms with Crippen LogP contribution in [0.3, 0.4) is 0 Å². The van der Waals surface area contributed by atoms with E-state index in [1.807, 2.05) is 12.1 Å². The van der Waals surface area contributed by atoms with Crippen molar-refractivity contribution in [3.63, 3.8) is 0 Å². The number of hydrogen-bond acceptors (Lipinski definition) is 5. The Labute approximate surface area is 114 Å². The highest BCUT2D eigenvalue weighted by atomic mass is 16.5. The first-order valence-corrected chi connectivity index (χ1v) is 7.16. The predicted octanol–water partition coefficient (Wildman–Crippen LogP) is 1.92. The Morgan fingerprint density at radius 3 is 3.00 bits per heavy atom. The highest BCUT2D eigenvalue weighted by Crippen LogP contribution is 2.14. The van der Waals surface area contributed by atoms with Gasteiger partial charge in [0.25, 0.3) is 0 Å². The summed E-state index contributed by atoms with van der Waals surface area (Å²) in [4.78, 5) is 0. The van der Waals surface area contributed by atoms with Crippen molar-refractivity contribution in [2.24, 2.45) is 0 Å². The Morgan fingerprint density at radius 1 is 1.37 bits per heavy atom. The normalized spacial score (nSPS) is 19.3. The first kappa shape index (κ1) is 14.2. The first-order chi connectivity index (χ1) is 9.38. The molecule has 0 spiro atoms. The minimum atomic E-state index is 0.210. The molecule has 5 heteroatoms. The molecule has 1 aliphatic rings. The average Bonchev–Trinajstić information content (AvgIpc) is 2.48. The molecular weight excluding hydrogens is 242 g/mol. The largest absolute Gasteiger partial charge is 0.474 e. The molecule has 0 radical (unpaired) electrons. The lowest BCUT2D eigenvalue weighted by molar-refractivity contribution is -0.0121. The third-order valence-electron chi connectivity index (χ3n) is 3.12. The van der Waals surface area contributed by atoms with Gasteiger partial charge in [-0.3, -0.25) is 0 Å². The summed E-state index contributed by atoms with van der Waals surface area (Å²) < 4.78 is 11.2. The standard InChI is InChI=1S/C14H23N3O2/c1-2-8-15-10-12-6-7-14(17-16-12)19-11-13-5-3-4-9-18-13/h6-7,13,15H,2-5,8-11H2,1H3. The fourth-order valence-corrected chi connectivity index (χ4v) is 2.03. The van der Waals surface area contributed by atoms with Crippen molar-refractivity contribution in [2.75, 3.05) is 19.8 Å². The summed E-state index contributed by atoms with van der Waals surface area (Å²) in [5, 5.41) is 11.5. The molecule has 1 aromatic rings. The monoisotopic (exact) mass is 265 g/mol. The second kappa shape index (κ2) is 8.07. The molecule has 1 atom stereocenters. The van der Waals surface area contributed by atoms with Gasteiger partial charge in [0.05, 0.1) is 11.8 Å². The van der Waals surface area contributed by atoms with Crippen LogP contribution in [0.5, 0.6) is 5.88 Å². The van der Waals surface area contributed by atoms with Gasteiger partial charge in [-0.05, 0) is 38.3 Å². The van der Waals surface area contributed by atoms with Gasteiger partial charge < -0.3 is 14.8 Å².